The zero-order valence-electron chi connectivity index (χ0n) is 13.2. The van der Waals surface area contributed by atoms with Crippen LogP contribution in [0, 0.1) is 16.0 Å². The van der Waals surface area contributed by atoms with E-state index in [9.17, 15) is 14.9 Å². The number of likely N-dealkylation sites (tertiary alicyclic amines) is 1. The molecular weight excluding hydrogens is 320 g/mol. The van der Waals surface area contributed by atoms with Crippen LogP contribution in [0.15, 0.2) is 18.2 Å². The summed E-state index contributed by atoms with van der Waals surface area (Å²) in [6.07, 6.45) is 2.28. The first-order valence-electron chi connectivity index (χ1n) is 7.45. The first-order chi connectivity index (χ1) is 10.5. The minimum Gasteiger partial charge on any atom is -0.366 e. The first kappa shape index (κ1) is 19.3. The van der Waals surface area contributed by atoms with Crippen molar-refractivity contribution in [1.29, 1.82) is 0 Å². The van der Waals surface area contributed by atoms with Crippen LogP contribution in [0.5, 0.6) is 0 Å². The van der Waals surface area contributed by atoms with Gasteiger partial charge in [0.2, 0.25) is 5.91 Å². The molecule has 1 aromatic rings. The highest BCUT2D eigenvalue weighted by Crippen LogP contribution is 2.24. The fraction of sp³-hybridized carbons (Fsp3) is 0.533. The highest BCUT2D eigenvalue weighted by molar-refractivity contribution is 5.93. The summed E-state index contributed by atoms with van der Waals surface area (Å²) >= 11 is 0. The summed E-state index contributed by atoms with van der Waals surface area (Å²) in [4.78, 5) is 24.2. The second-order valence-electron chi connectivity index (χ2n) is 5.77. The fourth-order valence-corrected chi connectivity index (χ4v) is 3.01. The molecule has 3 N–H and O–H groups in total. The van der Waals surface area contributed by atoms with E-state index < -0.39 is 10.8 Å². The van der Waals surface area contributed by atoms with Crippen molar-refractivity contribution in [3.05, 3.63) is 39.4 Å². The third-order valence-corrected chi connectivity index (χ3v) is 4.06. The van der Waals surface area contributed by atoms with Gasteiger partial charge in [-0.15, -0.1) is 12.4 Å². The maximum Gasteiger partial charge on any atom is 0.274 e. The average Bonchev–Trinajstić information content (AvgIpc) is 2.48. The quantitative estimate of drug-likeness (QED) is 0.603. The van der Waals surface area contributed by atoms with Gasteiger partial charge in [0.1, 0.15) is 0 Å². The molecule has 0 radical (unpaired) electrons. The Balaban J connectivity index is 0.00000264. The second-order valence-corrected chi connectivity index (χ2v) is 5.77. The molecule has 1 aromatic carbocycles. The zero-order chi connectivity index (χ0) is 16.1. The molecule has 1 heterocycles. The number of piperidine rings is 1. The third kappa shape index (κ3) is 5.16. The largest absolute Gasteiger partial charge is 0.366 e. The summed E-state index contributed by atoms with van der Waals surface area (Å²) in [5.41, 5.74) is 5.95. The number of carbonyl (C=O) groups excluding carboxylic acids is 1. The highest BCUT2D eigenvalue weighted by Gasteiger charge is 2.23. The molecule has 7 nitrogen and oxygen atoms in total. The Hall–Kier alpha value is -1.70. The van der Waals surface area contributed by atoms with Crippen LogP contribution in [0.2, 0.25) is 0 Å². The third-order valence-electron chi connectivity index (χ3n) is 4.06. The Morgan fingerprint density at radius 3 is 2.87 bits per heavy atom. The van der Waals surface area contributed by atoms with Crippen molar-refractivity contribution in [3.8, 4) is 0 Å². The number of nitrogens with two attached hydrogens (primary N) is 1. The van der Waals surface area contributed by atoms with Crippen LogP contribution >= 0.6 is 12.4 Å². The van der Waals surface area contributed by atoms with Gasteiger partial charge in [-0.25, -0.2) is 0 Å². The summed E-state index contributed by atoms with van der Waals surface area (Å²) in [6.45, 7) is 3.35. The van der Waals surface area contributed by atoms with E-state index in [1.54, 1.807) is 12.1 Å². The number of amides is 1. The predicted molar refractivity (Wildman–Crippen MR) is 90.8 cm³/mol. The van der Waals surface area contributed by atoms with Gasteiger partial charge in [0.25, 0.3) is 5.69 Å². The number of nitrogens with zero attached hydrogens (tertiary/aromatic N) is 2. The predicted octanol–water partition coefficient (Wildman–Crippen LogP) is 1.55. The van der Waals surface area contributed by atoms with Crippen molar-refractivity contribution in [2.45, 2.75) is 19.4 Å². The summed E-state index contributed by atoms with van der Waals surface area (Å²) < 4.78 is 0. The van der Waals surface area contributed by atoms with Crippen molar-refractivity contribution in [3.63, 3.8) is 0 Å². The first-order valence-corrected chi connectivity index (χ1v) is 7.45. The number of benzene rings is 1. The number of carbonyl (C=O) groups is 1. The van der Waals surface area contributed by atoms with Gasteiger partial charge >= 0.3 is 0 Å². The van der Waals surface area contributed by atoms with E-state index in [0.29, 0.717) is 18.0 Å². The van der Waals surface area contributed by atoms with E-state index in [-0.39, 0.29) is 23.7 Å². The Bertz CT molecular complexity index is 566. The van der Waals surface area contributed by atoms with Crippen LogP contribution in [0.25, 0.3) is 0 Å². The summed E-state index contributed by atoms with van der Waals surface area (Å²) in [5, 5.41) is 14.4. The minimum atomic E-state index is -0.651. The van der Waals surface area contributed by atoms with Crippen molar-refractivity contribution in [1.82, 2.24) is 10.2 Å². The van der Waals surface area contributed by atoms with E-state index in [1.807, 2.05) is 7.05 Å². The van der Waals surface area contributed by atoms with Gasteiger partial charge in [0, 0.05) is 30.3 Å². The molecule has 2 rings (SSSR count). The molecule has 1 saturated heterocycles. The second kappa shape index (κ2) is 8.81. The van der Waals surface area contributed by atoms with Gasteiger partial charge in [0.15, 0.2) is 0 Å². The monoisotopic (exact) mass is 342 g/mol. The van der Waals surface area contributed by atoms with Crippen LogP contribution in [-0.4, -0.2) is 42.4 Å². The molecule has 1 unspecified atom stereocenters. The van der Waals surface area contributed by atoms with Gasteiger partial charge in [-0.3, -0.25) is 19.8 Å². The molecule has 0 aromatic heterocycles. The number of nitrogens with one attached hydrogen (secondary N) is 1. The maximum atomic E-state index is 11.2. The maximum absolute atomic E-state index is 11.2. The normalized spacial score (nSPS) is 18.2. The highest BCUT2D eigenvalue weighted by atomic mass is 35.5. The summed E-state index contributed by atoms with van der Waals surface area (Å²) in [7, 11) is 1.94. The SMILES string of the molecule is CNCC1CCCN(Cc2ccc(C(N)=O)cc2[N+](=O)[O-])C1.Cl. The number of hydrogen-bond donors (Lipinski definition) is 2. The Kier molecular flexibility index (Phi) is 7.41. The summed E-state index contributed by atoms with van der Waals surface area (Å²) in [5.74, 6) is -0.0793. The van der Waals surface area contributed by atoms with Crippen LogP contribution in [0.1, 0.15) is 28.8 Å². The lowest BCUT2D eigenvalue weighted by atomic mass is 9.97. The van der Waals surface area contributed by atoms with Gasteiger partial charge in [-0.1, -0.05) is 6.07 Å². The lowest BCUT2D eigenvalue weighted by Gasteiger charge is -2.32. The molecule has 1 amide bonds. The van der Waals surface area contributed by atoms with Crippen molar-refractivity contribution >= 4 is 24.0 Å². The molecule has 1 aliphatic heterocycles. The van der Waals surface area contributed by atoms with Gasteiger partial charge < -0.3 is 11.1 Å². The van der Waals surface area contributed by atoms with Gasteiger partial charge in [0.05, 0.1) is 4.92 Å². The number of nitro groups is 1. The van der Waals surface area contributed by atoms with Crippen LogP contribution in [0.4, 0.5) is 5.69 Å². The van der Waals surface area contributed by atoms with E-state index in [4.69, 9.17) is 5.73 Å². The lowest BCUT2D eigenvalue weighted by molar-refractivity contribution is -0.385. The molecule has 8 heteroatoms. The number of hydrogen-bond acceptors (Lipinski definition) is 5. The molecule has 1 atom stereocenters. The van der Waals surface area contributed by atoms with E-state index in [0.717, 1.165) is 26.1 Å². The Morgan fingerprint density at radius 1 is 1.52 bits per heavy atom. The van der Waals surface area contributed by atoms with Gasteiger partial charge in [-0.05, 0) is 45.0 Å². The van der Waals surface area contributed by atoms with Crippen LogP contribution < -0.4 is 11.1 Å². The molecular formula is C15H23ClN4O3. The number of primary amides is 1. The van der Waals surface area contributed by atoms with Crippen LogP contribution in [0.3, 0.4) is 0 Å². The zero-order valence-corrected chi connectivity index (χ0v) is 14.0. The number of halogens is 1. The molecule has 23 heavy (non-hydrogen) atoms. The molecule has 1 fully saturated rings. The molecule has 0 aliphatic carbocycles. The standard InChI is InChI=1S/C15H22N4O3.ClH/c1-17-8-11-3-2-6-18(9-11)10-13-5-4-12(15(16)20)7-14(13)19(21)22;/h4-5,7,11,17H,2-3,6,8-10H2,1H3,(H2,16,20);1H. The van der Waals surface area contributed by atoms with Gasteiger partial charge in [-0.2, -0.15) is 0 Å². The topological polar surface area (TPSA) is 102 Å². The molecule has 128 valence electrons. The molecule has 0 spiro atoms. The number of nitro benzene ring substituents is 1. The fourth-order valence-electron chi connectivity index (χ4n) is 3.01. The van der Waals surface area contributed by atoms with E-state index in [2.05, 4.69) is 10.2 Å². The summed E-state index contributed by atoms with van der Waals surface area (Å²) in [6, 6.07) is 4.46. The Morgan fingerprint density at radius 2 is 2.26 bits per heavy atom. The lowest BCUT2D eigenvalue weighted by Crippen LogP contribution is -2.38. The van der Waals surface area contributed by atoms with E-state index in [1.165, 1.54) is 12.5 Å². The molecule has 1 aliphatic rings. The average molecular weight is 343 g/mol. The van der Waals surface area contributed by atoms with Crippen LogP contribution in [-0.2, 0) is 6.54 Å². The van der Waals surface area contributed by atoms with Crippen molar-refractivity contribution < 1.29 is 9.72 Å². The van der Waals surface area contributed by atoms with Crippen molar-refractivity contribution in [2.75, 3.05) is 26.7 Å². The van der Waals surface area contributed by atoms with Crippen molar-refractivity contribution in [2.24, 2.45) is 11.7 Å². The number of rotatable bonds is 6. The smallest absolute Gasteiger partial charge is 0.274 e. The molecule has 0 saturated carbocycles. The minimum absolute atomic E-state index is 0. The van der Waals surface area contributed by atoms with E-state index >= 15 is 0 Å². The molecule has 0 bridgehead atoms. The Labute approximate surface area is 141 Å².